The lowest BCUT2D eigenvalue weighted by Gasteiger charge is -2.11. The highest BCUT2D eigenvalue weighted by atomic mass is 32.2. The number of thioether (sulfide) groups is 1. The third-order valence-electron chi connectivity index (χ3n) is 3.95. The van der Waals surface area contributed by atoms with Crippen LogP contribution in [0.4, 0.5) is 10.5 Å². The number of pyridine rings is 1. The predicted molar refractivity (Wildman–Crippen MR) is 107 cm³/mol. The summed E-state index contributed by atoms with van der Waals surface area (Å²) in [7, 11) is 1.46. The summed E-state index contributed by atoms with van der Waals surface area (Å²) < 4.78 is 11.0. The van der Waals surface area contributed by atoms with Crippen LogP contribution in [0.3, 0.4) is 0 Å². The Morgan fingerprint density at radius 2 is 2.03 bits per heavy atom. The maximum absolute atomic E-state index is 12.4. The number of hydrogen-bond donors (Lipinski definition) is 0. The highest BCUT2D eigenvalue weighted by molar-refractivity contribution is 8.18. The van der Waals surface area contributed by atoms with Crippen molar-refractivity contribution in [3.8, 4) is 17.4 Å². The van der Waals surface area contributed by atoms with E-state index in [2.05, 4.69) is 4.98 Å². The van der Waals surface area contributed by atoms with Crippen molar-refractivity contribution in [2.75, 3.05) is 13.7 Å². The van der Waals surface area contributed by atoms with Crippen LogP contribution < -0.4 is 9.47 Å². The minimum absolute atomic E-state index is 0.142. The number of carbonyl (C=O) groups excluding carboxylic acids is 2. The molecule has 1 fully saturated rings. The summed E-state index contributed by atoms with van der Waals surface area (Å²) in [5.41, 5.74) is 0.518. The minimum atomic E-state index is -0.547. The van der Waals surface area contributed by atoms with E-state index in [-0.39, 0.29) is 22.7 Å². The van der Waals surface area contributed by atoms with E-state index in [9.17, 15) is 19.7 Å². The zero-order valence-electron chi connectivity index (χ0n) is 15.7. The van der Waals surface area contributed by atoms with Crippen LogP contribution in [0.15, 0.2) is 41.4 Å². The highest BCUT2D eigenvalue weighted by Crippen LogP contribution is 2.35. The van der Waals surface area contributed by atoms with Gasteiger partial charge in [-0.2, -0.15) is 0 Å². The molecule has 1 aromatic carbocycles. The number of nitro groups is 1. The van der Waals surface area contributed by atoms with E-state index in [0.717, 1.165) is 18.0 Å². The third-order valence-corrected chi connectivity index (χ3v) is 4.86. The molecule has 3 rings (SSSR count). The first-order valence-corrected chi connectivity index (χ1v) is 9.46. The molecule has 1 aliphatic heterocycles. The second-order valence-corrected chi connectivity index (χ2v) is 6.95. The van der Waals surface area contributed by atoms with Crippen LogP contribution in [0.2, 0.25) is 0 Å². The molecule has 0 aliphatic carbocycles. The van der Waals surface area contributed by atoms with Gasteiger partial charge in [-0.25, -0.2) is 4.98 Å². The van der Waals surface area contributed by atoms with Crippen molar-refractivity contribution < 1.29 is 24.0 Å². The molecule has 0 spiro atoms. The number of benzene rings is 1. The number of hydrogen-bond acceptors (Lipinski definition) is 8. The summed E-state index contributed by atoms with van der Waals surface area (Å²) in [6, 6.07) is 7.67. The Morgan fingerprint density at radius 3 is 2.66 bits per heavy atom. The van der Waals surface area contributed by atoms with Gasteiger partial charge in [0.25, 0.3) is 16.8 Å². The van der Waals surface area contributed by atoms with Crippen molar-refractivity contribution in [1.29, 1.82) is 0 Å². The van der Waals surface area contributed by atoms with Gasteiger partial charge in [0, 0.05) is 18.7 Å². The van der Waals surface area contributed by atoms with Crippen molar-refractivity contribution in [2.24, 2.45) is 0 Å². The number of carbonyl (C=O) groups is 2. The molecule has 1 aliphatic rings. The van der Waals surface area contributed by atoms with E-state index in [0.29, 0.717) is 34.9 Å². The molecule has 0 unspecified atom stereocenters. The van der Waals surface area contributed by atoms with Gasteiger partial charge >= 0.3 is 0 Å². The first kappa shape index (κ1) is 20.3. The second-order valence-electron chi connectivity index (χ2n) is 5.96. The lowest BCUT2D eigenvalue weighted by Crippen LogP contribution is -2.28. The van der Waals surface area contributed by atoms with Crippen LogP contribution >= 0.6 is 11.8 Å². The van der Waals surface area contributed by atoms with Gasteiger partial charge in [-0.1, -0.05) is 13.0 Å². The van der Waals surface area contributed by atoms with Gasteiger partial charge in [0.15, 0.2) is 11.5 Å². The maximum Gasteiger partial charge on any atom is 0.293 e. The van der Waals surface area contributed by atoms with Gasteiger partial charge < -0.3 is 9.47 Å². The van der Waals surface area contributed by atoms with Crippen molar-refractivity contribution in [3.05, 3.63) is 57.1 Å². The van der Waals surface area contributed by atoms with Crippen LogP contribution in [-0.2, 0) is 4.79 Å². The third kappa shape index (κ3) is 4.54. The zero-order valence-corrected chi connectivity index (χ0v) is 16.5. The number of methoxy groups -OCH3 is 1. The fraction of sp³-hybridized carbons (Fsp3) is 0.211. The lowest BCUT2D eigenvalue weighted by atomic mass is 10.2. The Labute approximate surface area is 170 Å². The van der Waals surface area contributed by atoms with E-state index in [1.807, 2.05) is 6.92 Å². The summed E-state index contributed by atoms with van der Waals surface area (Å²) in [5.74, 6) is 0.593. The fourth-order valence-electron chi connectivity index (χ4n) is 2.58. The number of aromatic nitrogens is 1. The molecule has 9 nitrogen and oxygen atoms in total. The van der Waals surface area contributed by atoms with Crippen molar-refractivity contribution in [1.82, 2.24) is 9.88 Å². The number of nitrogens with zero attached hydrogens (tertiary/aromatic N) is 3. The molecule has 1 aromatic heterocycles. The zero-order chi connectivity index (χ0) is 21.0. The van der Waals surface area contributed by atoms with Crippen LogP contribution in [0.5, 0.6) is 17.4 Å². The molecule has 0 bridgehead atoms. The van der Waals surface area contributed by atoms with E-state index >= 15 is 0 Å². The van der Waals surface area contributed by atoms with Crippen molar-refractivity contribution in [3.63, 3.8) is 0 Å². The molecule has 2 heterocycles. The minimum Gasteiger partial charge on any atom is -0.493 e. The van der Waals surface area contributed by atoms with Gasteiger partial charge in [0.05, 0.1) is 16.9 Å². The molecule has 0 radical (unpaired) electrons. The van der Waals surface area contributed by atoms with Crippen LogP contribution in [0, 0.1) is 10.1 Å². The standard InChI is InChI=1S/C19H17N3O6S/c1-3-8-21-18(23)16(29-19(21)24)10-12-4-6-14(15(9-12)27-2)28-17-7-5-13(11-20-17)22(25)26/h4-7,9-11H,3,8H2,1-2H3/b16-10+. The van der Waals surface area contributed by atoms with Gasteiger partial charge in [-0.3, -0.25) is 24.6 Å². The molecule has 0 saturated carbocycles. The monoisotopic (exact) mass is 415 g/mol. The topological polar surface area (TPSA) is 112 Å². The van der Waals surface area contributed by atoms with Crippen LogP contribution in [0.25, 0.3) is 6.08 Å². The van der Waals surface area contributed by atoms with E-state index in [4.69, 9.17) is 9.47 Å². The van der Waals surface area contributed by atoms with E-state index in [1.54, 1.807) is 24.3 Å². The van der Waals surface area contributed by atoms with E-state index in [1.165, 1.54) is 24.1 Å². The largest absolute Gasteiger partial charge is 0.493 e. The Kier molecular flexibility index (Phi) is 6.13. The molecule has 0 N–H and O–H groups in total. The van der Waals surface area contributed by atoms with Crippen LogP contribution in [0.1, 0.15) is 18.9 Å². The maximum atomic E-state index is 12.4. The number of ether oxygens (including phenoxy) is 2. The molecule has 2 aromatic rings. The molecular weight excluding hydrogens is 398 g/mol. The molecule has 10 heteroatoms. The lowest BCUT2D eigenvalue weighted by molar-refractivity contribution is -0.385. The average molecular weight is 415 g/mol. The molecule has 1 saturated heterocycles. The van der Waals surface area contributed by atoms with Crippen molar-refractivity contribution in [2.45, 2.75) is 13.3 Å². The Hall–Kier alpha value is -3.40. The summed E-state index contributed by atoms with van der Waals surface area (Å²) in [4.78, 5) is 39.9. The van der Waals surface area contributed by atoms with Gasteiger partial charge in [0.1, 0.15) is 6.20 Å². The SMILES string of the molecule is CCCN1C(=O)S/C(=C/c2ccc(Oc3ccc([N+](=O)[O-])cn3)c(OC)c2)C1=O. The molecule has 150 valence electrons. The first-order valence-electron chi connectivity index (χ1n) is 8.64. The fourth-order valence-corrected chi connectivity index (χ4v) is 3.44. The Morgan fingerprint density at radius 1 is 1.24 bits per heavy atom. The molecule has 0 atom stereocenters. The predicted octanol–water partition coefficient (Wildman–Crippen LogP) is 4.24. The number of amides is 2. The molecule has 29 heavy (non-hydrogen) atoms. The van der Waals surface area contributed by atoms with Gasteiger partial charge in [-0.15, -0.1) is 0 Å². The van der Waals surface area contributed by atoms with Gasteiger partial charge in [-0.05, 0) is 42.0 Å². The Balaban J connectivity index is 1.81. The average Bonchev–Trinajstić information content (AvgIpc) is 2.97. The highest BCUT2D eigenvalue weighted by Gasteiger charge is 2.34. The smallest absolute Gasteiger partial charge is 0.293 e. The first-order chi connectivity index (χ1) is 13.9. The van der Waals surface area contributed by atoms with Gasteiger partial charge in [0.2, 0.25) is 5.88 Å². The number of imide groups is 1. The summed E-state index contributed by atoms with van der Waals surface area (Å²) in [5, 5.41) is 10.4. The quantitative estimate of drug-likeness (QED) is 0.375. The second kappa shape index (κ2) is 8.74. The number of rotatable bonds is 7. The Bertz CT molecular complexity index is 990. The van der Waals surface area contributed by atoms with Crippen molar-refractivity contribution >= 4 is 34.7 Å². The summed E-state index contributed by atoms with van der Waals surface area (Å²) in [6.07, 6.45) is 3.42. The van der Waals surface area contributed by atoms with E-state index < -0.39 is 4.92 Å². The normalized spacial score (nSPS) is 15.1. The van der Waals surface area contributed by atoms with Crippen LogP contribution in [-0.4, -0.2) is 39.6 Å². The molecule has 2 amide bonds. The summed E-state index contributed by atoms with van der Waals surface area (Å²) >= 11 is 0.902. The summed E-state index contributed by atoms with van der Waals surface area (Å²) in [6.45, 7) is 2.29. The molecular formula is C19H17N3O6S.